The zero-order valence-electron chi connectivity index (χ0n) is 16.9. The van der Waals surface area contributed by atoms with Crippen molar-refractivity contribution >= 4 is 11.3 Å². The second-order valence-electron chi connectivity index (χ2n) is 7.34. The van der Waals surface area contributed by atoms with Crippen molar-refractivity contribution in [1.82, 2.24) is 10.5 Å². The number of thiazole rings is 1. The van der Waals surface area contributed by atoms with Crippen LogP contribution in [0.4, 0.5) is 0 Å². The summed E-state index contributed by atoms with van der Waals surface area (Å²) in [5, 5.41) is 0.953. The van der Waals surface area contributed by atoms with Gasteiger partial charge in [0.25, 0.3) is 0 Å². The molecular weight excluding hydrogens is 380 g/mol. The Kier molecular flexibility index (Phi) is 5.68. The number of rotatable bonds is 6. The fourth-order valence-electron chi connectivity index (χ4n) is 3.81. The number of nitrogens with zero attached hydrogens (tertiary/aromatic N) is 1. The summed E-state index contributed by atoms with van der Waals surface area (Å²) >= 11 is 1.69. The molecule has 29 heavy (non-hydrogen) atoms. The predicted molar refractivity (Wildman–Crippen MR) is 118 cm³/mol. The molecule has 0 fully saturated rings. The summed E-state index contributed by atoms with van der Waals surface area (Å²) in [4.78, 5) is 11.0. The highest BCUT2D eigenvalue weighted by atomic mass is 32.1. The molecule has 1 aromatic heterocycles. The first-order valence-corrected chi connectivity index (χ1v) is 10.6. The predicted octanol–water partition coefficient (Wildman–Crippen LogP) is 5.38. The van der Waals surface area contributed by atoms with E-state index in [4.69, 9.17) is 16.0 Å². The minimum Gasteiger partial charge on any atom is -0.490 e. The number of nitrogens with one attached hydrogen (secondary N) is 1. The van der Waals surface area contributed by atoms with Gasteiger partial charge in [0.05, 0.1) is 29.7 Å². The number of hydroxylamine groups is 1. The van der Waals surface area contributed by atoms with Gasteiger partial charge >= 0.3 is 0 Å². The standard InChI is InChI=1S/C24H24N2O2S/c1-5-16-13-17(9-12-22(16)28-15(2)3)24-25-14-23(29-24)20-8-6-7-19-18(20)10-11-21(19)26-27-4/h1,6-9,12-15,21,26H,10-11H2,2-4H3. The number of aromatic nitrogens is 1. The summed E-state index contributed by atoms with van der Waals surface area (Å²) in [6, 6.07) is 12.7. The normalized spacial score (nSPS) is 15.3. The van der Waals surface area contributed by atoms with Crippen LogP contribution in [-0.2, 0) is 11.3 Å². The van der Waals surface area contributed by atoms with Crippen molar-refractivity contribution in [1.29, 1.82) is 0 Å². The molecule has 4 nitrogen and oxygen atoms in total. The quantitative estimate of drug-likeness (QED) is 0.442. The van der Waals surface area contributed by atoms with Crippen LogP contribution in [0.5, 0.6) is 5.75 Å². The number of ether oxygens (including phenoxy) is 1. The first-order chi connectivity index (χ1) is 14.1. The van der Waals surface area contributed by atoms with E-state index in [1.165, 1.54) is 21.6 Å². The lowest BCUT2D eigenvalue weighted by molar-refractivity contribution is 0.0610. The van der Waals surface area contributed by atoms with Gasteiger partial charge in [-0.05, 0) is 61.6 Å². The van der Waals surface area contributed by atoms with Crippen LogP contribution in [0.1, 0.15) is 43.0 Å². The van der Waals surface area contributed by atoms with Crippen LogP contribution >= 0.6 is 11.3 Å². The third-order valence-corrected chi connectivity index (χ3v) is 6.13. The van der Waals surface area contributed by atoms with Crippen LogP contribution in [0.25, 0.3) is 21.0 Å². The first-order valence-electron chi connectivity index (χ1n) is 9.75. The molecule has 148 valence electrons. The summed E-state index contributed by atoms with van der Waals surface area (Å²) in [6.07, 6.45) is 9.81. The molecule has 5 heteroatoms. The number of terminal acetylenes is 1. The Hall–Kier alpha value is -2.65. The summed E-state index contributed by atoms with van der Waals surface area (Å²) in [5.41, 5.74) is 8.80. The van der Waals surface area contributed by atoms with Crippen molar-refractivity contribution in [3.63, 3.8) is 0 Å². The average molecular weight is 405 g/mol. The highest BCUT2D eigenvalue weighted by Crippen LogP contribution is 2.41. The lowest BCUT2D eigenvalue weighted by Gasteiger charge is -2.12. The van der Waals surface area contributed by atoms with Gasteiger partial charge in [0.15, 0.2) is 0 Å². The fourth-order valence-corrected chi connectivity index (χ4v) is 4.78. The largest absolute Gasteiger partial charge is 0.490 e. The maximum atomic E-state index is 5.81. The van der Waals surface area contributed by atoms with Gasteiger partial charge in [0, 0.05) is 11.8 Å². The van der Waals surface area contributed by atoms with Crippen LogP contribution in [0, 0.1) is 12.3 Å². The maximum absolute atomic E-state index is 5.81. The Morgan fingerprint density at radius 3 is 2.90 bits per heavy atom. The van der Waals surface area contributed by atoms with E-state index in [9.17, 15) is 0 Å². The van der Waals surface area contributed by atoms with Gasteiger partial charge < -0.3 is 9.57 Å². The molecule has 1 atom stereocenters. The van der Waals surface area contributed by atoms with Crippen molar-refractivity contribution < 1.29 is 9.57 Å². The summed E-state index contributed by atoms with van der Waals surface area (Å²) in [7, 11) is 1.67. The lowest BCUT2D eigenvalue weighted by atomic mass is 10.0. The van der Waals surface area contributed by atoms with Gasteiger partial charge in [0.1, 0.15) is 10.8 Å². The molecule has 0 aliphatic heterocycles. The zero-order chi connectivity index (χ0) is 20.4. The van der Waals surface area contributed by atoms with Crippen molar-refractivity contribution in [3.8, 4) is 39.1 Å². The Balaban J connectivity index is 1.66. The van der Waals surface area contributed by atoms with Gasteiger partial charge in [-0.25, -0.2) is 4.98 Å². The van der Waals surface area contributed by atoms with E-state index < -0.39 is 0 Å². The van der Waals surface area contributed by atoms with Crippen molar-refractivity contribution in [3.05, 3.63) is 59.3 Å². The van der Waals surface area contributed by atoms with Gasteiger partial charge in [-0.1, -0.05) is 24.1 Å². The molecule has 4 rings (SSSR count). The smallest absolute Gasteiger partial charge is 0.135 e. The Bertz CT molecular complexity index is 1060. The second-order valence-corrected chi connectivity index (χ2v) is 8.37. The molecular formula is C24H24N2O2S. The van der Waals surface area contributed by atoms with E-state index in [0.717, 1.165) is 34.7 Å². The third kappa shape index (κ3) is 3.92. The molecule has 1 heterocycles. The van der Waals surface area contributed by atoms with E-state index in [0.29, 0.717) is 0 Å². The van der Waals surface area contributed by atoms with Crippen LogP contribution in [0.15, 0.2) is 42.6 Å². The van der Waals surface area contributed by atoms with Gasteiger partial charge in [0.2, 0.25) is 0 Å². The minimum absolute atomic E-state index is 0.0796. The molecule has 1 N–H and O–H groups in total. The summed E-state index contributed by atoms with van der Waals surface area (Å²) in [6.45, 7) is 3.98. The molecule has 2 aromatic carbocycles. The molecule has 0 amide bonds. The number of hydrogen-bond acceptors (Lipinski definition) is 5. The van der Waals surface area contributed by atoms with Gasteiger partial charge in [-0.2, -0.15) is 5.48 Å². The van der Waals surface area contributed by atoms with E-state index in [1.807, 2.05) is 38.2 Å². The third-order valence-electron chi connectivity index (χ3n) is 5.05. The maximum Gasteiger partial charge on any atom is 0.135 e. The second kappa shape index (κ2) is 8.38. The van der Waals surface area contributed by atoms with Crippen molar-refractivity contribution in [2.24, 2.45) is 0 Å². The zero-order valence-corrected chi connectivity index (χ0v) is 17.7. The van der Waals surface area contributed by atoms with Gasteiger partial charge in [-0.3, -0.25) is 0 Å². The van der Waals surface area contributed by atoms with Gasteiger partial charge in [-0.15, -0.1) is 17.8 Å². The Morgan fingerprint density at radius 1 is 1.28 bits per heavy atom. The molecule has 0 spiro atoms. The summed E-state index contributed by atoms with van der Waals surface area (Å²) < 4.78 is 5.81. The fraction of sp³-hybridized carbons (Fsp3) is 0.292. The van der Waals surface area contributed by atoms with Crippen molar-refractivity contribution in [2.75, 3.05) is 7.11 Å². The topological polar surface area (TPSA) is 43.4 Å². The molecule has 1 aliphatic rings. The first kappa shape index (κ1) is 19.7. The highest BCUT2D eigenvalue weighted by Gasteiger charge is 2.25. The molecule has 3 aromatic rings. The van der Waals surface area contributed by atoms with Crippen molar-refractivity contribution in [2.45, 2.75) is 38.8 Å². The van der Waals surface area contributed by atoms with Crippen LogP contribution in [0.2, 0.25) is 0 Å². The molecule has 0 bridgehead atoms. The molecule has 1 aliphatic carbocycles. The summed E-state index contributed by atoms with van der Waals surface area (Å²) in [5.74, 6) is 3.47. The Morgan fingerprint density at radius 2 is 2.14 bits per heavy atom. The monoisotopic (exact) mass is 404 g/mol. The number of fused-ring (bicyclic) bond motifs is 1. The average Bonchev–Trinajstić information content (AvgIpc) is 3.36. The van der Waals surface area contributed by atoms with Crippen LogP contribution < -0.4 is 10.2 Å². The van der Waals surface area contributed by atoms with E-state index >= 15 is 0 Å². The number of hydrogen-bond donors (Lipinski definition) is 1. The molecule has 0 saturated carbocycles. The molecule has 1 unspecified atom stereocenters. The SMILES string of the molecule is C#Cc1cc(-c2ncc(-c3cccc4c3CCC4NOC)s2)ccc1OC(C)C. The molecule has 0 radical (unpaired) electrons. The van der Waals surface area contributed by atoms with E-state index in [-0.39, 0.29) is 12.1 Å². The van der Waals surface area contributed by atoms with Crippen LogP contribution in [0.3, 0.4) is 0 Å². The lowest BCUT2D eigenvalue weighted by Crippen LogP contribution is -2.17. The van der Waals surface area contributed by atoms with Crippen LogP contribution in [-0.4, -0.2) is 18.2 Å². The highest BCUT2D eigenvalue weighted by molar-refractivity contribution is 7.18. The van der Waals surface area contributed by atoms with E-state index in [1.54, 1.807) is 18.4 Å². The number of benzene rings is 2. The Labute approximate surface area is 175 Å². The van der Waals surface area contributed by atoms with E-state index in [2.05, 4.69) is 34.6 Å². The molecule has 0 saturated heterocycles. The minimum atomic E-state index is 0.0796.